The van der Waals surface area contributed by atoms with E-state index in [4.69, 9.17) is 5.84 Å². The van der Waals surface area contributed by atoms with Gasteiger partial charge in [-0.05, 0) is 26.3 Å². The lowest BCUT2D eigenvalue weighted by Crippen LogP contribution is -2.27. The SMILES string of the molecule is CC#CCC(NN)c1cc(C)cc(C)c1. The molecule has 0 heterocycles. The van der Waals surface area contributed by atoms with Gasteiger partial charge in [-0.1, -0.05) is 29.3 Å². The smallest absolute Gasteiger partial charge is 0.0569 e. The number of hydrogen-bond donors (Lipinski definition) is 2. The molecule has 0 radical (unpaired) electrons. The van der Waals surface area contributed by atoms with E-state index in [0.29, 0.717) is 0 Å². The van der Waals surface area contributed by atoms with Gasteiger partial charge in [0.05, 0.1) is 6.04 Å². The molecule has 0 saturated heterocycles. The molecule has 1 aromatic carbocycles. The Morgan fingerprint density at radius 1 is 1.27 bits per heavy atom. The normalized spacial score (nSPS) is 11.7. The summed E-state index contributed by atoms with van der Waals surface area (Å²) in [7, 11) is 0. The van der Waals surface area contributed by atoms with Crippen LogP contribution in [0.15, 0.2) is 18.2 Å². The molecule has 0 amide bonds. The highest BCUT2D eigenvalue weighted by atomic mass is 15.2. The summed E-state index contributed by atoms with van der Waals surface area (Å²) in [5.74, 6) is 11.5. The van der Waals surface area contributed by atoms with E-state index in [1.165, 1.54) is 16.7 Å². The lowest BCUT2D eigenvalue weighted by atomic mass is 10.00. The maximum absolute atomic E-state index is 5.53. The summed E-state index contributed by atoms with van der Waals surface area (Å²) in [6.45, 7) is 6.03. The van der Waals surface area contributed by atoms with Crippen molar-refractivity contribution in [2.24, 2.45) is 5.84 Å². The van der Waals surface area contributed by atoms with Gasteiger partial charge in [0.1, 0.15) is 0 Å². The van der Waals surface area contributed by atoms with Crippen LogP contribution >= 0.6 is 0 Å². The number of hydrazine groups is 1. The van der Waals surface area contributed by atoms with Crippen LogP contribution in [-0.4, -0.2) is 0 Å². The maximum atomic E-state index is 5.53. The van der Waals surface area contributed by atoms with E-state index in [-0.39, 0.29) is 6.04 Å². The van der Waals surface area contributed by atoms with Crippen LogP contribution in [0.5, 0.6) is 0 Å². The molecule has 0 aliphatic heterocycles. The predicted molar refractivity (Wildman–Crippen MR) is 64.0 cm³/mol. The first-order chi connectivity index (χ1) is 7.17. The van der Waals surface area contributed by atoms with Gasteiger partial charge in [0.15, 0.2) is 0 Å². The van der Waals surface area contributed by atoms with E-state index in [1.807, 2.05) is 6.92 Å². The van der Waals surface area contributed by atoms with Crippen molar-refractivity contribution < 1.29 is 0 Å². The quantitative estimate of drug-likeness (QED) is 0.448. The van der Waals surface area contributed by atoms with Gasteiger partial charge < -0.3 is 0 Å². The fraction of sp³-hybridized carbons (Fsp3) is 0.385. The molecule has 2 heteroatoms. The van der Waals surface area contributed by atoms with Gasteiger partial charge in [-0.25, -0.2) is 0 Å². The van der Waals surface area contributed by atoms with Crippen molar-refractivity contribution in [1.29, 1.82) is 0 Å². The van der Waals surface area contributed by atoms with Crippen LogP contribution in [0.2, 0.25) is 0 Å². The summed E-state index contributed by atoms with van der Waals surface area (Å²) in [6.07, 6.45) is 0.746. The van der Waals surface area contributed by atoms with Crippen molar-refractivity contribution in [3.63, 3.8) is 0 Å². The second kappa shape index (κ2) is 5.55. The Labute approximate surface area is 91.8 Å². The average molecular weight is 202 g/mol. The molecule has 0 fully saturated rings. The first kappa shape index (κ1) is 11.8. The third kappa shape index (κ3) is 3.39. The Bertz CT molecular complexity index is 365. The Kier molecular flexibility index (Phi) is 4.36. The molecule has 3 N–H and O–H groups in total. The van der Waals surface area contributed by atoms with Gasteiger partial charge in [0.2, 0.25) is 0 Å². The van der Waals surface area contributed by atoms with Crippen molar-refractivity contribution in [3.8, 4) is 11.8 Å². The first-order valence-electron chi connectivity index (χ1n) is 5.11. The van der Waals surface area contributed by atoms with Gasteiger partial charge in [0.25, 0.3) is 0 Å². The summed E-state index contributed by atoms with van der Waals surface area (Å²) >= 11 is 0. The van der Waals surface area contributed by atoms with Crippen LogP contribution in [0, 0.1) is 25.7 Å². The molecule has 0 aliphatic carbocycles. The van der Waals surface area contributed by atoms with Crippen LogP contribution in [-0.2, 0) is 0 Å². The van der Waals surface area contributed by atoms with Gasteiger partial charge in [-0.3, -0.25) is 11.3 Å². The Morgan fingerprint density at radius 3 is 2.33 bits per heavy atom. The van der Waals surface area contributed by atoms with E-state index in [1.54, 1.807) is 0 Å². The van der Waals surface area contributed by atoms with Gasteiger partial charge >= 0.3 is 0 Å². The number of rotatable bonds is 3. The zero-order chi connectivity index (χ0) is 11.3. The Balaban J connectivity index is 2.93. The van der Waals surface area contributed by atoms with E-state index >= 15 is 0 Å². The molecular weight excluding hydrogens is 184 g/mol. The predicted octanol–water partition coefficient (Wildman–Crippen LogP) is 2.22. The summed E-state index contributed by atoms with van der Waals surface area (Å²) in [5.41, 5.74) is 6.53. The molecule has 0 bridgehead atoms. The monoisotopic (exact) mass is 202 g/mol. The molecule has 0 spiro atoms. The maximum Gasteiger partial charge on any atom is 0.0569 e. The Hall–Kier alpha value is -1.30. The summed E-state index contributed by atoms with van der Waals surface area (Å²) in [4.78, 5) is 0. The zero-order valence-corrected chi connectivity index (χ0v) is 9.59. The summed E-state index contributed by atoms with van der Waals surface area (Å²) in [6, 6.07) is 6.57. The van der Waals surface area contributed by atoms with Crippen molar-refractivity contribution in [2.45, 2.75) is 33.2 Å². The average Bonchev–Trinajstić information content (AvgIpc) is 2.17. The largest absolute Gasteiger partial charge is 0.271 e. The second-order valence-electron chi connectivity index (χ2n) is 3.77. The molecule has 1 rings (SSSR count). The lowest BCUT2D eigenvalue weighted by molar-refractivity contribution is 0.567. The number of nitrogens with two attached hydrogens (primary N) is 1. The summed E-state index contributed by atoms with van der Waals surface area (Å²) < 4.78 is 0. The van der Waals surface area contributed by atoms with Crippen molar-refractivity contribution in [1.82, 2.24) is 5.43 Å². The fourth-order valence-electron chi connectivity index (χ4n) is 1.69. The highest BCUT2D eigenvalue weighted by molar-refractivity contribution is 5.31. The van der Waals surface area contributed by atoms with Crippen LogP contribution in [0.4, 0.5) is 0 Å². The molecule has 15 heavy (non-hydrogen) atoms. The molecular formula is C13H18N2. The minimum atomic E-state index is 0.121. The van der Waals surface area contributed by atoms with Crippen molar-refractivity contribution >= 4 is 0 Å². The third-order valence-corrected chi connectivity index (χ3v) is 2.33. The molecule has 2 nitrogen and oxygen atoms in total. The van der Waals surface area contributed by atoms with Crippen molar-refractivity contribution in [3.05, 3.63) is 34.9 Å². The van der Waals surface area contributed by atoms with Crippen LogP contribution in [0.3, 0.4) is 0 Å². The fourth-order valence-corrected chi connectivity index (χ4v) is 1.69. The first-order valence-corrected chi connectivity index (χ1v) is 5.11. The van der Waals surface area contributed by atoms with Crippen molar-refractivity contribution in [2.75, 3.05) is 0 Å². The number of nitrogens with one attached hydrogen (secondary N) is 1. The molecule has 0 aliphatic rings. The van der Waals surface area contributed by atoms with Crippen LogP contribution < -0.4 is 11.3 Å². The second-order valence-corrected chi connectivity index (χ2v) is 3.77. The molecule has 0 saturated carbocycles. The van der Waals surface area contributed by atoms with Gasteiger partial charge in [-0.2, -0.15) is 0 Å². The van der Waals surface area contributed by atoms with Gasteiger partial charge in [-0.15, -0.1) is 11.8 Å². The highest BCUT2D eigenvalue weighted by Crippen LogP contribution is 2.18. The molecule has 80 valence electrons. The van der Waals surface area contributed by atoms with E-state index in [9.17, 15) is 0 Å². The highest BCUT2D eigenvalue weighted by Gasteiger charge is 2.08. The minimum Gasteiger partial charge on any atom is -0.271 e. The third-order valence-electron chi connectivity index (χ3n) is 2.33. The molecule has 1 atom stereocenters. The van der Waals surface area contributed by atoms with Crippen LogP contribution in [0.1, 0.15) is 36.1 Å². The van der Waals surface area contributed by atoms with Gasteiger partial charge in [0, 0.05) is 6.42 Å². The van der Waals surface area contributed by atoms with E-state index < -0.39 is 0 Å². The Morgan fingerprint density at radius 2 is 1.87 bits per heavy atom. The minimum absolute atomic E-state index is 0.121. The topological polar surface area (TPSA) is 38.0 Å². The number of hydrogen-bond acceptors (Lipinski definition) is 2. The zero-order valence-electron chi connectivity index (χ0n) is 9.59. The molecule has 1 aromatic rings. The van der Waals surface area contributed by atoms with E-state index in [0.717, 1.165) is 6.42 Å². The lowest BCUT2D eigenvalue weighted by Gasteiger charge is -2.14. The number of aryl methyl sites for hydroxylation is 2. The summed E-state index contributed by atoms with van der Waals surface area (Å²) in [5, 5.41) is 0. The molecule has 1 unspecified atom stereocenters. The molecule has 0 aromatic heterocycles. The van der Waals surface area contributed by atoms with Crippen LogP contribution in [0.25, 0.3) is 0 Å². The van der Waals surface area contributed by atoms with E-state index in [2.05, 4.69) is 49.3 Å². The standard InChI is InChI=1S/C13H18N2/c1-4-5-6-13(15-14)12-8-10(2)7-11(3)9-12/h7-9,13,15H,6,14H2,1-3H3. The number of benzene rings is 1.